The molecule has 2 aromatic carbocycles. The lowest BCUT2D eigenvalue weighted by Crippen LogP contribution is -2.44. The van der Waals surface area contributed by atoms with Gasteiger partial charge < -0.3 is 14.4 Å². The summed E-state index contributed by atoms with van der Waals surface area (Å²) in [6.45, 7) is 4.25. The third-order valence-corrected chi connectivity index (χ3v) is 7.66. The van der Waals surface area contributed by atoms with Crippen molar-refractivity contribution in [2.75, 3.05) is 13.1 Å². The van der Waals surface area contributed by atoms with Gasteiger partial charge in [0.25, 0.3) is 5.89 Å². The Morgan fingerprint density at radius 2 is 1.83 bits per heavy atom. The maximum absolute atomic E-state index is 10.9. The van der Waals surface area contributed by atoms with E-state index in [2.05, 4.69) is 33.2 Å². The number of nitrogens with zero attached hydrogens (tertiary/aromatic N) is 3. The molecule has 0 bridgehead atoms. The molecule has 2 aliphatic rings. The van der Waals surface area contributed by atoms with Gasteiger partial charge in [0.1, 0.15) is 5.60 Å². The topological polar surface area (TPSA) is 88.7 Å². The smallest absolute Gasteiger partial charge is 0.450 e. The van der Waals surface area contributed by atoms with Crippen LogP contribution in [-0.4, -0.2) is 45.0 Å². The van der Waals surface area contributed by atoms with E-state index in [0.717, 1.165) is 35.8 Å². The Morgan fingerprint density at radius 1 is 1.14 bits per heavy atom. The minimum atomic E-state index is -1.20. The average Bonchev–Trinajstić information content (AvgIpc) is 3.53. The lowest BCUT2D eigenvalue weighted by molar-refractivity contribution is -0.0454. The molecule has 35 heavy (non-hydrogen) atoms. The van der Waals surface area contributed by atoms with Crippen LogP contribution in [0.25, 0.3) is 22.8 Å². The molecule has 1 aliphatic heterocycles. The van der Waals surface area contributed by atoms with Crippen LogP contribution < -0.4 is 0 Å². The first-order valence-electron chi connectivity index (χ1n) is 12.3. The van der Waals surface area contributed by atoms with Crippen molar-refractivity contribution in [2.45, 2.75) is 63.5 Å². The fourth-order valence-corrected chi connectivity index (χ4v) is 5.54. The van der Waals surface area contributed by atoms with Crippen LogP contribution in [0.1, 0.15) is 62.5 Å². The van der Waals surface area contributed by atoms with Gasteiger partial charge >= 0.3 is 6.16 Å². The number of aromatic nitrogens is 2. The molecule has 3 aromatic rings. The van der Waals surface area contributed by atoms with Crippen LogP contribution in [0.2, 0.25) is 5.02 Å². The Balaban J connectivity index is 1.21. The van der Waals surface area contributed by atoms with Gasteiger partial charge in [0.15, 0.2) is 0 Å². The molecule has 0 unspecified atom stereocenters. The Bertz CT molecular complexity index is 1180. The average molecular weight is 496 g/mol. The number of ether oxygens (including phenoxy) is 1. The summed E-state index contributed by atoms with van der Waals surface area (Å²) in [5.41, 5.74) is 3.52. The number of hydrogen-bond acceptors (Lipinski definition) is 6. The van der Waals surface area contributed by atoms with Gasteiger partial charge in [-0.25, -0.2) is 4.79 Å². The highest BCUT2D eigenvalue weighted by Crippen LogP contribution is 2.39. The molecular formula is C27H30ClN3O4. The monoisotopic (exact) mass is 495 g/mol. The Hall–Kier alpha value is -2.90. The molecule has 2 heterocycles. The van der Waals surface area contributed by atoms with E-state index in [9.17, 15) is 4.79 Å². The molecule has 0 amide bonds. The minimum Gasteiger partial charge on any atom is -0.450 e. The number of benzene rings is 2. The predicted molar refractivity (Wildman–Crippen MR) is 133 cm³/mol. The van der Waals surface area contributed by atoms with Gasteiger partial charge in [0.05, 0.1) is 0 Å². The standard InChI is InChI=1S/C27H30ClN3O4/c1-27(34-26(32)33)12-14-31(15-13-27)17-18-6-8-20(9-7-18)24-29-25(35-30-24)21-10-11-22(23(28)16-21)19-4-2-3-5-19/h6-11,16,19H,2-5,12-15,17H2,1H3,(H,32,33). The second-order valence-electron chi connectivity index (χ2n) is 9.93. The van der Waals surface area contributed by atoms with E-state index in [1.54, 1.807) is 0 Å². The van der Waals surface area contributed by atoms with Gasteiger partial charge in [-0.3, -0.25) is 4.90 Å². The molecule has 0 atom stereocenters. The first-order chi connectivity index (χ1) is 16.9. The zero-order chi connectivity index (χ0) is 24.4. The SMILES string of the molecule is CC1(OC(=O)O)CCN(Cc2ccc(-c3noc(-c4ccc(C5CCCC5)c(Cl)c4)n3)cc2)CC1. The van der Waals surface area contributed by atoms with E-state index in [1.165, 1.54) is 36.8 Å². The zero-order valence-corrected chi connectivity index (χ0v) is 20.6. The second kappa shape index (κ2) is 9.99. The molecule has 184 valence electrons. The number of halogens is 1. The Labute approximate surface area is 210 Å². The number of likely N-dealkylation sites (tertiary alicyclic amines) is 1. The van der Waals surface area contributed by atoms with Gasteiger partial charge in [-0.2, -0.15) is 4.98 Å². The Morgan fingerprint density at radius 3 is 2.49 bits per heavy atom. The third kappa shape index (κ3) is 5.52. The number of hydrogen-bond donors (Lipinski definition) is 1. The summed E-state index contributed by atoms with van der Waals surface area (Å²) >= 11 is 6.59. The van der Waals surface area contributed by atoms with E-state index in [-0.39, 0.29) is 0 Å². The molecule has 5 rings (SSSR count). The summed E-state index contributed by atoms with van der Waals surface area (Å²) in [7, 11) is 0. The summed E-state index contributed by atoms with van der Waals surface area (Å²) in [6, 6.07) is 14.2. The van der Waals surface area contributed by atoms with E-state index in [1.807, 2.05) is 31.2 Å². The summed E-state index contributed by atoms with van der Waals surface area (Å²) in [5, 5.41) is 13.9. The lowest BCUT2D eigenvalue weighted by atomic mass is 9.93. The third-order valence-electron chi connectivity index (χ3n) is 7.33. The van der Waals surface area contributed by atoms with E-state index >= 15 is 0 Å². The normalized spacial score (nSPS) is 18.6. The molecular weight excluding hydrogens is 466 g/mol. The van der Waals surface area contributed by atoms with Crippen molar-refractivity contribution in [3.63, 3.8) is 0 Å². The quantitative estimate of drug-likeness (QED) is 0.377. The molecule has 1 N–H and O–H groups in total. The van der Waals surface area contributed by atoms with Crippen LogP contribution in [0.5, 0.6) is 0 Å². The molecule has 0 spiro atoms. The highest BCUT2D eigenvalue weighted by molar-refractivity contribution is 6.31. The summed E-state index contributed by atoms with van der Waals surface area (Å²) in [6.07, 6.45) is 5.13. The molecule has 8 heteroatoms. The first-order valence-corrected chi connectivity index (χ1v) is 12.6. The van der Waals surface area contributed by atoms with Crippen LogP contribution >= 0.6 is 11.6 Å². The predicted octanol–water partition coefficient (Wildman–Crippen LogP) is 6.76. The summed E-state index contributed by atoms with van der Waals surface area (Å²) in [5.74, 6) is 1.56. The van der Waals surface area contributed by atoms with Crippen LogP contribution in [0, 0.1) is 0 Å². The minimum absolute atomic E-state index is 0.462. The van der Waals surface area contributed by atoms with E-state index in [4.69, 9.17) is 26.0 Å². The van der Waals surface area contributed by atoms with Crippen LogP contribution in [-0.2, 0) is 11.3 Å². The van der Waals surface area contributed by atoms with Crippen LogP contribution in [0.3, 0.4) is 0 Å². The highest BCUT2D eigenvalue weighted by atomic mass is 35.5. The van der Waals surface area contributed by atoms with Gasteiger partial charge in [-0.1, -0.05) is 59.9 Å². The maximum Gasteiger partial charge on any atom is 0.506 e. The van der Waals surface area contributed by atoms with Crippen molar-refractivity contribution in [2.24, 2.45) is 0 Å². The van der Waals surface area contributed by atoms with Crippen molar-refractivity contribution in [3.05, 3.63) is 58.6 Å². The summed E-state index contributed by atoms with van der Waals surface area (Å²) < 4.78 is 10.6. The maximum atomic E-state index is 10.9. The van der Waals surface area contributed by atoms with Gasteiger partial charge in [-0.15, -0.1) is 0 Å². The van der Waals surface area contributed by atoms with Crippen molar-refractivity contribution >= 4 is 17.8 Å². The second-order valence-corrected chi connectivity index (χ2v) is 10.3. The fourth-order valence-electron chi connectivity index (χ4n) is 5.20. The van der Waals surface area contributed by atoms with Crippen molar-refractivity contribution in [1.82, 2.24) is 15.0 Å². The number of piperidine rings is 1. The van der Waals surface area contributed by atoms with Crippen LogP contribution in [0.15, 0.2) is 47.0 Å². The molecule has 7 nitrogen and oxygen atoms in total. The molecule has 2 fully saturated rings. The molecule has 1 aliphatic carbocycles. The number of carbonyl (C=O) groups is 1. The fraction of sp³-hybridized carbons (Fsp3) is 0.444. The largest absolute Gasteiger partial charge is 0.506 e. The molecule has 0 radical (unpaired) electrons. The van der Waals surface area contributed by atoms with Crippen LogP contribution in [0.4, 0.5) is 4.79 Å². The van der Waals surface area contributed by atoms with Crippen molar-refractivity contribution in [3.8, 4) is 22.8 Å². The van der Waals surface area contributed by atoms with Crippen molar-refractivity contribution in [1.29, 1.82) is 0 Å². The van der Waals surface area contributed by atoms with Gasteiger partial charge in [-0.05, 0) is 61.8 Å². The Kier molecular flexibility index (Phi) is 6.80. The van der Waals surface area contributed by atoms with Gasteiger partial charge in [0.2, 0.25) is 5.82 Å². The highest BCUT2D eigenvalue weighted by Gasteiger charge is 2.33. The number of carboxylic acid groups (broad SMARTS) is 1. The first kappa shape index (κ1) is 23.8. The molecule has 1 saturated heterocycles. The molecule has 1 saturated carbocycles. The summed E-state index contributed by atoms with van der Waals surface area (Å²) in [4.78, 5) is 17.8. The van der Waals surface area contributed by atoms with E-state index in [0.29, 0.717) is 30.5 Å². The number of rotatable bonds is 6. The van der Waals surface area contributed by atoms with E-state index < -0.39 is 11.8 Å². The van der Waals surface area contributed by atoms with Gasteiger partial charge in [0, 0.05) is 35.8 Å². The zero-order valence-electron chi connectivity index (χ0n) is 19.9. The van der Waals surface area contributed by atoms with Crippen molar-refractivity contribution < 1.29 is 19.2 Å². The molecule has 1 aromatic heterocycles. The lowest BCUT2D eigenvalue weighted by Gasteiger charge is -2.38.